The Morgan fingerprint density at radius 2 is 2.00 bits per heavy atom. The standard InChI is InChI=1S/C15H16N4O4/c1-10(23-12-2-3-13-14(6-12)22-9-21-13)15(20)18-7-11(8-18)19-16-4-5-17-19/h2-6,10-11H,7-9H2,1H3. The fourth-order valence-electron chi connectivity index (χ4n) is 2.66. The van der Waals surface area contributed by atoms with E-state index in [0.29, 0.717) is 30.3 Å². The summed E-state index contributed by atoms with van der Waals surface area (Å²) in [7, 11) is 0. The molecule has 1 amide bonds. The summed E-state index contributed by atoms with van der Waals surface area (Å²) in [6, 6.07) is 5.42. The van der Waals surface area contributed by atoms with Crippen molar-refractivity contribution in [2.75, 3.05) is 19.9 Å². The fourth-order valence-corrected chi connectivity index (χ4v) is 2.66. The first-order valence-corrected chi connectivity index (χ1v) is 7.41. The molecule has 1 saturated heterocycles. The summed E-state index contributed by atoms with van der Waals surface area (Å²) in [5.41, 5.74) is 0. The molecule has 0 saturated carbocycles. The molecule has 8 nitrogen and oxygen atoms in total. The molecule has 2 aromatic rings. The average Bonchev–Trinajstić information content (AvgIpc) is 3.16. The summed E-state index contributed by atoms with van der Waals surface area (Å²) in [5, 5.41) is 8.18. The molecule has 0 aliphatic carbocycles. The van der Waals surface area contributed by atoms with Crippen LogP contribution in [0.5, 0.6) is 17.2 Å². The van der Waals surface area contributed by atoms with Crippen molar-refractivity contribution in [3.63, 3.8) is 0 Å². The average molecular weight is 316 g/mol. The van der Waals surface area contributed by atoms with Crippen molar-refractivity contribution in [1.29, 1.82) is 0 Å². The lowest BCUT2D eigenvalue weighted by Gasteiger charge is -2.39. The van der Waals surface area contributed by atoms with Crippen LogP contribution in [0.4, 0.5) is 0 Å². The van der Waals surface area contributed by atoms with Crippen molar-refractivity contribution in [1.82, 2.24) is 19.9 Å². The Bertz CT molecular complexity index is 712. The molecule has 0 spiro atoms. The number of fused-ring (bicyclic) bond motifs is 1. The lowest BCUT2D eigenvalue weighted by Crippen LogP contribution is -2.54. The third-order valence-electron chi connectivity index (χ3n) is 3.94. The molecule has 23 heavy (non-hydrogen) atoms. The van der Waals surface area contributed by atoms with Crippen molar-refractivity contribution < 1.29 is 19.0 Å². The van der Waals surface area contributed by atoms with Crippen LogP contribution in [0.3, 0.4) is 0 Å². The van der Waals surface area contributed by atoms with Gasteiger partial charge in [0.15, 0.2) is 17.6 Å². The van der Waals surface area contributed by atoms with E-state index in [1.54, 1.807) is 47.2 Å². The summed E-state index contributed by atoms with van der Waals surface area (Å²) >= 11 is 0. The Labute approximate surface area is 132 Å². The zero-order valence-corrected chi connectivity index (χ0v) is 12.6. The number of rotatable bonds is 4. The first kappa shape index (κ1) is 13.9. The highest BCUT2D eigenvalue weighted by molar-refractivity contribution is 5.81. The Hall–Kier alpha value is -2.77. The molecular formula is C15H16N4O4. The van der Waals surface area contributed by atoms with Crippen LogP contribution in [-0.2, 0) is 4.79 Å². The molecule has 8 heteroatoms. The van der Waals surface area contributed by atoms with Gasteiger partial charge in [-0.15, -0.1) is 0 Å². The minimum atomic E-state index is -0.568. The normalized spacial score (nSPS) is 17.7. The van der Waals surface area contributed by atoms with E-state index in [2.05, 4.69) is 10.2 Å². The monoisotopic (exact) mass is 316 g/mol. The summed E-state index contributed by atoms with van der Waals surface area (Å²) in [6.45, 7) is 3.15. The number of hydrogen-bond acceptors (Lipinski definition) is 6. The van der Waals surface area contributed by atoms with E-state index in [0.717, 1.165) is 0 Å². The predicted octanol–water partition coefficient (Wildman–Crippen LogP) is 0.858. The van der Waals surface area contributed by atoms with Crippen LogP contribution in [0, 0.1) is 0 Å². The molecule has 3 heterocycles. The van der Waals surface area contributed by atoms with E-state index >= 15 is 0 Å². The zero-order chi connectivity index (χ0) is 15.8. The number of ether oxygens (including phenoxy) is 3. The summed E-state index contributed by atoms with van der Waals surface area (Å²) in [6.07, 6.45) is 2.70. The van der Waals surface area contributed by atoms with E-state index in [-0.39, 0.29) is 18.7 Å². The van der Waals surface area contributed by atoms with Gasteiger partial charge in [0.1, 0.15) is 11.8 Å². The Kier molecular flexibility index (Phi) is 3.29. The number of likely N-dealkylation sites (tertiary alicyclic amines) is 1. The second-order valence-electron chi connectivity index (χ2n) is 5.52. The molecule has 0 bridgehead atoms. The number of carbonyl (C=O) groups is 1. The van der Waals surface area contributed by atoms with E-state index in [1.807, 2.05) is 0 Å². The molecule has 1 unspecified atom stereocenters. The fraction of sp³-hybridized carbons (Fsp3) is 0.400. The van der Waals surface area contributed by atoms with Gasteiger partial charge in [0.2, 0.25) is 6.79 Å². The van der Waals surface area contributed by atoms with E-state index in [4.69, 9.17) is 14.2 Å². The smallest absolute Gasteiger partial charge is 0.263 e. The molecule has 1 atom stereocenters. The highest BCUT2D eigenvalue weighted by Crippen LogP contribution is 2.35. The second-order valence-corrected chi connectivity index (χ2v) is 5.52. The molecule has 120 valence electrons. The molecule has 1 aromatic carbocycles. The maximum atomic E-state index is 12.4. The van der Waals surface area contributed by atoms with Crippen LogP contribution in [-0.4, -0.2) is 51.8 Å². The number of nitrogens with zero attached hydrogens (tertiary/aromatic N) is 4. The summed E-state index contributed by atoms with van der Waals surface area (Å²) in [4.78, 5) is 15.7. The van der Waals surface area contributed by atoms with Crippen LogP contribution in [0.2, 0.25) is 0 Å². The van der Waals surface area contributed by atoms with Crippen molar-refractivity contribution in [3.8, 4) is 17.2 Å². The molecular weight excluding hydrogens is 300 g/mol. The third-order valence-corrected chi connectivity index (χ3v) is 3.94. The highest BCUT2D eigenvalue weighted by Gasteiger charge is 2.35. The quantitative estimate of drug-likeness (QED) is 0.832. The van der Waals surface area contributed by atoms with Gasteiger partial charge in [-0.05, 0) is 19.1 Å². The molecule has 1 aromatic heterocycles. The number of carbonyl (C=O) groups excluding carboxylic acids is 1. The van der Waals surface area contributed by atoms with E-state index in [1.165, 1.54) is 0 Å². The van der Waals surface area contributed by atoms with E-state index < -0.39 is 6.10 Å². The van der Waals surface area contributed by atoms with Crippen LogP contribution < -0.4 is 14.2 Å². The van der Waals surface area contributed by atoms with Crippen molar-refractivity contribution in [2.45, 2.75) is 19.1 Å². The number of aromatic nitrogens is 3. The molecule has 4 rings (SSSR count). The van der Waals surface area contributed by atoms with Gasteiger partial charge in [-0.2, -0.15) is 15.0 Å². The highest BCUT2D eigenvalue weighted by atomic mass is 16.7. The summed E-state index contributed by atoms with van der Waals surface area (Å²) < 4.78 is 16.3. The number of hydrogen-bond donors (Lipinski definition) is 0. The Morgan fingerprint density at radius 3 is 2.78 bits per heavy atom. The minimum Gasteiger partial charge on any atom is -0.481 e. The summed E-state index contributed by atoms with van der Waals surface area (Å²) in [5.74, 6) is 1.86. The number of amides is 1. The van der Waals surface area contributed by atoms with Gasteiger partial charge in [0.05, 0.1) is 12.4 Å². The van der Waals surface area contributed by atoms with Gasteiger partial charge >= 0.3 is 0 Å². The first-order valence-electron chi connectivity index (χ1n) is 7.41. The van der Waals surface area contributed by atoms with Gasteiger partial charge in [-0.1, -0.05) is 0 Å². The second kappa shape index (κ2) is 5.45. The maximum Gasteiger partial charge on any atom is 0.263 e. The molecule has 2 aliphatic rings. The molecule has 0 radical (unpaired) electrons. The van der Waals surface area contributed by atoms with Crippen molar-refractivity contribution in [3.05, 3.63) is 30.6 Å². The van der Waals surface area contributed by atoms with Gasteiger partial charge in [-0.25, -0.2) is 0 Å². The van der Waals surface area contributed by atoms with Crippen LogP contribution in [0.1, 0.15) is 13.0 Å². The maximum absolute atomic E-state index is 12.4. The van der Waals surface area contributed by atoms with Gasteiger partial charge in [-0.3, -0.25) is 4.79 Å². The Morgan fingerprint density at radius 1 is 1.26 bits per heavy atom. The first-order chi connectivity index (χ1) is 11.2. The topological polar surface area (TPSA) is 78.7 Å². The van der Waals surface area contributed by atoms with Crippen molar-refractivity contribution in [2.24, 2.45) is 0 Å². The molecule has 2 aliphatic heterocycles. The van der Waals surface area contributed by atoms with Gasteiger partial charge in [0, 0.05) is 19.2 Å². The lowest BCUT2D eigenvalue weighted by molar-refractivity contribution is -0.144. The third kappa shape index (κ3) is 2.56. The van der Waals surface area contributed by atoms with Crippen molar-refractivity contribution >= 4 is 5.91 Å². The SMILES string of the molecule is CC(Oc1ccc2c(c1)OCO2)C(=O)N1CC(n2nccn2)C1. The van der Waals surface area contributed by atoms with Gasteiger partial charge < -0.3 is 19.1 Å². The van der Waals surface area contributed by atoms with Gasteiger partial charge in [0.25, 0.3) is 5.91 Å². The largest absolute Gasteiger partial charge is 0.481 e. The van der Waals surface area contributed by atoms with Crippen LogP contribution in [0.15, 0.2) is 30.6 Å². The Balaban J connectivity index is 1.34. The number of benzene rings is 1. The molecule has 0 N–H and O–H groups in total. The lowest BCUT2D eigenvalue weighted by atomic mass is 10.1. The van der Waals surface area contributed by atoms with Crippen LogP contribution >= 0.6 is 0 Å². The van der Waals surface area contributed by atoms with E-state index in [9.17, 15) is 4.79 Å². The van der Waals surface area contributed by atoms with Crippen LogP contribution in [0.25, 0.3) is 0 Å². The minimum absolute atomic E-state index is 0.0499. The molecule has 1 fully saturated rings. The predicted molar refractivity (Wildman–Crippen MR) is 78.3 cm³/mol. The zero-order valence-electron chi connectivity index (χ0n) is 12.6.